The molecule has 2 aliphatic heterocycles. The van der Waals surface area contributed by atoms with E-state index in [1.165, 1.54) is 0 Å². The second-order valence-corrected chi connectivity index (χ2v) is 8.30. The number of carbonyl (C=O) groups excluding carboxylic acids is 1. The number of ether oxygens (including phenoxy) is 2. The van der Waals surface area contributed by atoms with Crippen LogP contribution in [0.1, 0.15) is 30.7 Å². The highest BCUT2D eigenvalue weighted by molar-refractivity contribution is 5.76. The minimum absolute atomic E-state index is 0.140. The summed E-state index contributed by atoms with van der Waals surface area (Å²) >= 11 is 0. The van der Waals surface area contributed by atoms with Crippen LogP contribution in [0.25, 0.3) is 0 Å². The van der Waals surface area contributed by atoms with Crippen molar-refractivity contribution in [2.45, 2.75) is 44.8 Å². The van der Waals surface area contributed by atoms with Gasteiger partial charge in [0.25, 0.3) is 0 Å². The lowest BCUT2D eigenvalue weighted by molar-refractivity contribution is -0.138. The number of hydrogen-bond donors (Lipinski definition) is 0. The van der Waals surface area contributed by atoms with Crippen molar-refractivity contribution in [3.63, 3.8) is 0 Å². The van der Waals surface area contributed by atoms with Crippen LogP contribution in [0.4, 0.5) is 0 Å². The molecule has 2 aliphatic rings. The quantitative estimate of drug-likeness (QED) is 0.577. The van der Waals surface area contributed by atoms with Gasteiger partial charge < -0.3 is 14.4 Å². The number of nitrogens with zero attached hydrogens (tertiary/aromatic N) is 8. The van der Waals surface area contributed by atoms with Crippen LogP contribution in [0.5, 0.6) is 0 Å². The fraction of sp³-hybridized carbons (Fsp3) is 0.750. The number of rotatable bonds is 8. The largest absolute Gasteiger partial charge is 0.383 e. The highest BCUT2D eigenvalue weighted by atomic mass is 16.5. The smallest absolute Gasteiger partial charge is 0.224 e. The highest BCUT2D eigenvalue weighted by Crippen LogP contribution is 2.37. The topological polar surface area (TPSA) is 103 Å². The number of amides is 1. The molecule has 0 N–H and O–H groups in total. The molecule has 1 unspecified atom stereocenters. The van der Waals surface area contributed by atoms with Crippen molar-refractivity contribution in [2.75, 3.05) is 53.1 Å². The standard InChI is InChI=1S/C20H32N8O3/c1-17-14-21-27(15-17)7-4-18(29)25-6-3-5-20(16-25,26-8-12-31-13-9-26)19-22-23-24-28(19)10-11-30-2/h14-15H,3-13,16H2,1-2H3. The Hall–Kier alpha value is -2.37. The lowest BCUT2D eigenvalue weighted by Crippen LogP contribution is -2.61. The second kappa shape index (κ2) is 9.84. The molecule has 31 heavy (non-hydrogen) atoms. The number of morpholine rings is 1. The molecule has 4 heterocycles. The van der Waals surface area contributed by atoms with Crippen LogP contribution >= 0.6 is 0 Å². The zero-order valence-electron chi connectivity index (χ0n) is 18.4. The Morgan fingerprint density at radius 1 is 1.26 bits per heavy atom. The fourth-order valence-corrected chi connectivity index (χ4v) is 4.65. The van der Waals surface area contributed by atoms with E-state index in [1.54, 1.807) is 7.11 Å². The summed E-state index contributed by atoms with van der Waals surface area (Å²) in [4.78, 5) is 17.5. The summed E-state index contributed by atoms with van der Waals surface area (Å²) in [5.41, 5.74) is 0.677. The molecule has 2 aromatic heterocycles. The molecular weight excluding hydrogens is 400 g/mol. The van der Waals surface area contributed by atoms with Gasteiger partial charge >= 0.3 is 0 Å². The van der Waals surface area contributed by atoms with Gasteiger partial charge in [0.1, 0.15) is 5.54 Å². The number of aromatic nitrogens is 6. The maximum absolute atomic E-state index is 13.1. The molecule has 11 nitrogen and oxygen atoms in total. The Labute approximate surface area is 182 Å². The van der Waals surface area contributed by atoms with Crippen LogP contribution in [-0.4, -0.2) is 98.8 Å². The first-order valence-electron chi connectivity index (χ1n) is 11.0. The van der Waals surface area contributed by atoms with Gasteiger partial charge in [0.05, 0.1) is 32.6 Å². The summed E-state index contributed by atoms with van der Waals surface area (Å²) < 4.78 is 14.5. The molecule has 1 atom stereocenters. The molecule has 0 aliphatic carbocycles. The van der Waals surface area contributed by atoms with Gasteiger partial charge in [0.15, 0.2) is 5.82 Å². The van der Waals surface area contributed by atoms with Gasteiger partial charge in [-0.3, -0.25) is 14.4 Å². The summed E-state index contributed by atoms with van der Waals surface area (Å²) in [5, 5.41) is 16.9. The summed E-state index contributed by atoms with van der Waals surface area (Å²) in [6, 6.07) is 0. The molecule has 0 bridgehead atoms. The van der Waals surface area contributed by atoms with E-state index >= 15 is 0 Å². The molecule has 0 radical (unpaired) electrons. The van der Waals surface area contributed by atoms with Crippen molar-refractivity contribution in [1.29, 1.82) is 0 Å². The van der Waals surface area contributed by atoms with Gasteiger partial charge in [0, 0.05) is 52.5 Å². The molecule has 0 spiro atoms. The summed E-state index contributed by atoms with van der Waals surface area (Å²) in [6.45, 7) is 7.97. The predicted octanol–water partition coefficient (Wildman–Crippen LogP) is 0.0646. The van der Waals surface area contributed by atoms with Crippen molar-refractivity contribution in [1.82, 2.24) is 39.8 Å². The Kier molecular flexibility index (Phi) is 6.93. The summed E-state index contributed by atoms with van der Waals surface area (Å²) in [6.07, 6.45) is 6.01. The number of tetrazole rings is 1. The fourth-order valence-electron chi connectivity index (χ4n) is 4.65. The lowest BCUT2D eigenvalue weighted by atomic mass is 9.85. The number of hydrogen-bond acceptors (Lipinski definition) is 8. The van der Waals surface area contributed by atoms with Gasteiger partial charge in [-0.1, -0.05) is 0 Å². The van der Waals surface area contributed by atoms with Crippen molar-refractivity contribution >= 4 is 5.91 Å². The highest BCUT2D eigenvalue weighted by Gasteiger charge is 2.47. The molecule has 170 valence electrons. The molecule has 2 saturated heterocycles. The van der Waals surface area contributed by atoms with Gasteiger partial charge in [-0.15, -0.1) is 5.10 Å². The lowest BCUT2D eigenvalue weighted by Gasteiger charge is -2.49. The van der Waals surface area contributed by atoms with Crippen LogP contribution in [0.2, 0.25) is 0 Å². The number of methoxy groups -OCH3 is 1. The van der Waals surface area contributed by atoms with E-state index in [4.69, 9.17) is 9.47 Å². The first-order valence-corrected chi connectivity index (χ1v) is 11.0. The SMILES string of the molecule is COCCn1nnnc1C1(N2CCOCC2)CCCN(C(=O)CCn2cc(C)cn2)C1. The molecule has 11 heteroatoms. The number of aryl methyl sites for hydroxylation is 2. The van der Waals surface area contributed by atoms with E-state index in [0.29, 0.717) is 45.9 Å². The van der Waals surface area contributed by atoms with E-state index in [2.05, 4.69) is 25.5 Å². The van der Waals surface area contributed by atoms with Crippen LogP contribution < -0.4 is 0 Å². The first-order chi connectivity index (χ1) is 15.1. The normalized spacial score (nSPS) is 22.7. The molecule has 1 amide bonds. The van der Waals surface area contributed by atoms with E-state index in [9.17, 15) is 4.79 Å². The number of piperidine rings is 1. The third-order valence-electron chi connectivity index (χ3n) is 6.21. The summed E-state index contributed by atoms with van der Waals surface area (Å²) in [7, 11) is 1.67. The van der Waals surface area contributed by atoms with Gasteiger partial charge in [0.2, 0.25) is 5.91 Å². The van der Waals surface area contributed by atoms with Crippen molar-refractivity contribution in [3.8, 4) is 0 Å². The van der Waals surface area contributed by atoms with Crippen molar-refractivity contribution in [2.24, 2.45) is 0 Å². The van der Waals surface area contributed by atoms with E-state index in [0.717, 1.165) is 43.9 Å². The molecule has 0 saturated carbocycles. The summed E-state index contributed by atoms with van der Waals surface area (Å²) in [5.74, 6) is 0.952. The third-order valence-corrected chi connectivity index (χ3v) is 6.21. The van der Waals surface area contributed by atoms with Crippen LogP contribution in [-0.2, 0) is 32.9 Å². The Morgan fingerprint density at radius 3 is 2.84 bits per heavy atom. The first kappa shape index (κ1) is 21.8. The van der Waals surface area contributed by atoms with Crippen LogP contribution in [0.3, 0.4) is 0 Å². The minimum Gasteiger partial charge on any atom is -0.383 e. The van der Waals surface area contributed by atoms with Crippen molar-refractivity contribution < 1.29 is 14.3 Å². The van der Waals surface area contributed by atoms with Crippen molar-refractivity contribution in [3.05, 3.63) is 23.8 Å². The molecular formula is C20H32N8O3. The van der Waals surface area contributed by atoms with E-state index < -0.39 is 5.54 Å². The van der Waals surface area contributed by atoms with E-state index in [-0.39, 0.29) is 5.91 Å². The monoisotopic (exact) mass is 432 g/mol. The third kappa shape index (κ3) is 4.78. The second-order valence-electron chi connectivity index (χ2n) is 8.30. The maximum atomic E-state index is 13.1. The molecule has 2 fully saturated rings. The average molecular weight is 433 g/mol. The molecule has 4 rings (SSSR count). The Morgan fingerprint density at radius 2 is 2.10 bits per heavy atom. The number of carbonyl (C=O) groups is 1. The van der Waals surface area contributed by atoms with E-state index in [1.807, 2.05) is 33.6 Å². The van der Waals surface area contributed by atoms with Gasteiger partial charge in [-0.05, 0) is 35.8 Å². The van der Waals surface area contributed by atoms with Crippen LogP contribution in [0, 0.1) is 6.92 Å². The Bertz CT molecular complexity index is 862. The number of likely N-dealkylation sites (tertiary alicyclic amines) is 1. The van der Waals surface area contributed by atoms with Gasteiger partial charge in [-0.25, -0.2) is 4.68 Å². The van der Waals surface area contributed by atoms with Gasteiger partial charge in [-0.2, -0.15) is 5.10 Å². The zero-order valence-corrected chi connectivity index (χ0v) is 18.4. The zero-order chi connectivity index (χ0) is 21.7. The predicted molar refractivity (Wildman–Crippen MR) is 111 cm³/mol. The Balaban J connectivity index is 1.54. The maximum Gasteiger partial charge on any atom is 0.224 e. The minimum atomic E-state index is -0.419. The molecule has 0 aromatic carbocycles. The average Bonchev–Trinajstić information content (AvgIpc) is 3.45. The molecule has 2 aromatic rings. The van der Waals surface area contributed by atoms with Crippen LogP contribution in [0.15, 0.2) is 12.4 Å².